The Morgan fingerprint density at radius 3 is 1.95 bits per heavy atom. The van der Waals surface area contributed by atoms with Gasteiger partial charge >= 0.3 is 0 Å². The van der Waals surface area contributed by atoms with E-state index in [9.17, 15) is 0 Å². The summed E-state index contributed by atoms with van der Waals surface area (Å²) < 4.78 is 0. The normalized spacial score (nSPS) is 10.5. The van der Waals surface area contributed by atoms with Gasteiger partial charge in [-0.15, -0.1) is 0 Å². The molecule has 0 radical (unpaired) electrons. The highest BCUT2D eigenvalue weighted by molar-refractivity contribution is 5.79. The molecule has 0 saturated carbocycles. The van der Waals surface area contributed by atoms with Crippen LogP contribution in [0.25, 0.3) is 0 Å². The van der Waals surface area contributed by atoms with Crippen LogP contribution in [0, 0.1) is 6.92 Å². The maximum absolute atomic E-state index is 2.36. The molecule has 0 atom stereocenters. The van der Waals surface area contributed by atoms with Gasteiger partial charge in [0, 0.05) is 17.1 Å². The molecule has 3 aromatic rings. The molecule has 0 amide bonds. The molecule has 1 heteroatoms. The smallest absolute Gasteiger partial charge is 0.0493 e. The predicted octanol–water partition coefficient (Wildman–Crippen LogP) is 6.03. The summed E-state index contributed by atoms with van der Waals surface area (Å²) in [4.78, 5) is 2.36. The van der Waals surface area contributed by atoms with Crippen LogP contribution in [0.4, 0.5) is 17.1 Å². The Labute approximate surface area is 132 Å². The summed E-state index contributed by atoms with van der Waals surface area (Å²) in [7, 11) is 0. The quantitative estimate of drug-likeness (QED) is 0.566. The third-order valence-electron chi connectivity index (χ3n) is 3.98. The highest BCUT2D eigenvalue weighted by atomic mass is 15.1. The molecular weight excluding hydrogens is 266 g/mol. The van der Waals surface area contributed by atoms with Gasteiger partial charge in [-0.05, 0) is 48.7 Å². The van der Waals surface area contributed by atoms with Crippen molar-refractivity contribution < 1.29 is 0 Å². The van der Waals surface area contributed by atoms with Crippen LogP contribution in [0.2, 0.25) is 0 Å². The van der Waals surface area contributed by atoms with Crippen LogP contribution < -0.4 is 4.90 Å². The monoisotopic (exact) mass is 287 g/mol. The maximum Gasteiger partial charge on any atom is 0.0493 e. The van der Waals surface area contributed by atoms with E-state index >= 15 is 0 Å². The van der Waals surface area contributed by atoms with Crippen LogP contribution in [0.5, 0.6) is 0 Å². The Morgan fingerprint density at radius 2 is 1.27 bits per heavy atom. The number of hydrogen-bond acceptors (Lipinski definition) is 1. The molecule has 1 nitrogen and oxygen atoms in total. The van der Waals surface area contributed by atoms with E-state index in [1.807, 2.05) is 0 Å². The molecule has 0 aromatic heterocycles. The van der Waals surface area contributed by atoms with Gasteiger partial charge in [0.2, 0.25) is 0 Å². The number of benzene rings is 3. The highest BCUT2D eigenvalue weighted by Gasteiger charge is 2.15. The second-order valence-corrected chi connectivity index (χ2v) is 5.44. The van der Waals surface area contributed by atoms with E-state index in [1.165, 1.54) is 28.2 Å². The van der Waals surface area contributed by atoms with Gasteiger partial charge in [0.1, 0.15) is 0 Å². The minimum absolute atomic E-state index is 1.02. The Hall–Kier alpha value is -2.54. The molecule has 0 aliphatic heterocycles. The molecular formula is C21H21N. The molecule has 22 heavy (non-hydrogen) atoms. The maximum atomic E-state index is 2.36. The first-order valence-corrected chi connectivity index (χ1v) is 7.80. The fraction of sp³-hybridized carbons (Fsp3) is 0.143. The molecule has 0 heterocycles. The number of para-hydroxylation sites is 3. The summed E-state index contributed by atoms with van der Waals surface area (Å²) in [6.45, 7) is 4.37. The number of aryl methyl sites for hydroxylation is 2. The Morgan fingerprint density at radius 1 is 0.682 bits per heavy atom. The number of nitrogens with zero attached hydrogens (tertiary/aromatic N) is 1. The summed E-state index contributed by atoms with van der Waals surface area (Å²) in [6, 6.07) is 27.8. The van der Waals surface area contributed by atoms with Gasteiger partial charge in [-0.1, -0.05) is 61.5 Å². The van der Waals surface area contributed by atoms with Crippen molar-refractivity contribution in [1.29, 1.82) is 0 Å². The standard InChI is InChI=1S/C21H21N/c1-3-18-12-8-10-16-21(18)22(19-13-5-4-6-14-19)20-15-9-7-11-17(20)2/h4-16H,3H2,1-2H3. The lowest BCUT2D eigenvalue weighted by Gasteiger charge is -2.28. The molecule has 3 rings (SSSR count). The van der Waals surface area contributed by atoms with Crippen molar-refractivity contribution in [3.63, 3.8) is 0 Å². The molecule has 0 N–H and O–H groups in total. The fourth-order valence-corrected chi connectivity index (χ4v) is 2.83. The Kier molecular flexibility index (Phi) is 4.24. The van der Waals surface area contributed by atoms with Gasteiger partial charge in [0.25, 0.3) is 0 Å². The number of anilines is 3. The van der Waals surface area contributed by atoms with E-state index in [1.54, 1.807) is 0 Å². The zero-order chi connectivity index (χ0) is 15.4. The van der Waals surface area contributed by atoms with Gasteiger partial charge in [0.15, 0.2) is 0 Å². The van der Waals surface area contributed by atoms with Crippen LogP contribution >= 0.6 is 0 Å². The third kappa shape index (κ3) is 2.75. The second-order valence-electron chi connectivity index (χ2n) is 5.44. The molecule has 110 valence electrons. The summed E-state index contributed by atoms with van der Waals surface area (Å²) in [5, 5.41) is 0. The van der Waals surface area contributed by atoms with Crippen molar-refractivity contribution in [2.24, 2.45) is 0 Å². The lowest BCUT2D eigenvalue weighted by atomic mass is 10.1. The molecule has 0 fully saturated rings. The minimum Gasteiger partial charge on any atom is -0.310 e. The molecule has 0 aliphatic carbocycles. The summed E-state index contributed by atoms with van der Waals surface area (Å²) in [5.74, 6) is 0. The molecule has 0 bridgehead atoms. The van der Waals surface area contributed by atoms with Crippen LogP contribution in [0.15, 0.2) is 78.9 Å². The summed E-state index contributed by atoms with van der Waals surface area (Å²) >= 11 is 0. The van der Waals surface area contributed by atoms with E-state index < -0.39 is 0 Å². The fourth-order valence-electron chi connectivity index (χ4n) is 2.83. The van der Waals surface area contributed by atoms with Crippen molar-refractivity contribution in [3.05, 3.63) is 90.0 Å². The van der Waals surface area contributed by atoms with Gasteiger partial charge < -0.3 is 4.90 Å². The molecule has 0 aliphatic rings. The van der Waals surface area contributed by atoms with Gasteiger partial charge in [-0.2, -0.15) is 0 Å². The Bertz CT molecular complexity index is 747. The van der Waals surface area contributed by atoms with E-state index in [0.717, 1.165) is 6.42 Å². The third-order valence-corrected chi connectivity index (χ3v) is 3.98. The zero-order valence-corrected chi connectivity index (χ0v) is 13.2. The largest absolute Gasteiger partial charge is 0.310 e. The molecule has 3 aromatic carbocycles. The highest BCUT2D eigenvalue weighted by Crippen LogP contribution is 2.37. The van der Waals surface area contributed by atoms with Crippen molar-refractivity contribution in [3.8, 4) is 0 Å². The average Bonchev–Trinajstić information content (AvgIpc) is 2.58. The first-order chi connectivity index (χ1) is 10.8. The van der Waals surface area contributed by atoms with E-state index in [2.05, 4.69) is 97.6 Å². The van der Waals surface area contributed by atoms with Crippen molar-refractivity contribution in [2.45, 2.75) is 20.3 Å². The van der Waals surface area contributed by atoms with Crippen molar-refractivity contribution >= 4 is 17.1 Å². The summed E-state index contributed by atoms with van der Waals surface area (Å²) in [5.41, 5.74) is 6.31. The van der Waals surface area contributed by atoms with Gasteiger partial charge in [0.05, 0.1) is 0 Å². The molecule has 0 spiro atoms. The van der Waals surface area contributed by atoms with E-state index in [4.69, 9.17) is 0 Å². The molecule has 0 saturated heterocycles. The first-order valence-electron chi connectivity index (χ1n) is 7.80. The topological polar surface area (TPSA) is 3.24 Å². The SMILES string of the molecule is CCc1ccccc1N(c1ccccc1)c1ccccc1C. The second kappa shape index (κ2) is 6.48. The number of rotatable bonds is 4. The first kappa shape index (κ1) is 14.4. The zero-order valence-electron chi connectivity index (χ0n) is 13.2. The Balaban J connectivity index is 2.22. The molecule has 0 unspecified atom stereocenters. The van der Waals surface area contributed by atoms with Crippen LogP contribution in [0.3, 0.4) is 0 Å². The summed E-state index contributed by atoms with van der Waals surface area (Å²) in [6.07, 6.45) is 1.02. The van der Waals surface area contributed by atoms with Gasteiger partial charge in [-0.25, -0.2) is 0 Å². The van der Waals surface area contributed by atoms with Crippen molar-refractivity contribution in [2.75, 3.05) is 4.90 Å². The lowest BCUT2D eigenvalue weighted by molar-refractivity contribution is 1.11. The van der Waals surface area contributed by atoms with Crippen LogP contribution in [-0.4, -0.2) is 0 Å². The van der Waals surface area contributed by atoms with Crippen molar-refractivity contribution in [1.82, 2.24) is 0 Å². The van der Waals surface area contributed by atoms with Crippen LogP contribution in [-0.2, 0) is 6.42 Å². The lowest BCUT2D eigenvalue weighted by Crippen LogP contribution is -2.13. The van der Waals surface area contributed by atoms with Gasteiger partial charge in [-0.3, -0.25) is 0 Å². The predicted molar refractivity (Wildman–Crippen MR) is 95.2 cm³/mol. The number of hydrogen-bond donors (Lipinski definition) is 0. The van der Waals surface area contributed by atoms with E-state index in [0.29, 0.717) is 0 Å². The minimum atomic E-state index is 1.02. The van der Waals surface area contributed by atoms with Crippen LogP contribution in [0.1, 0.15) is 18.1 Å². The van der Waals surface area contributed by atoms with E-state index in [-0.39, 0.29) is 0 Å². The average molecular weight is 287 g/mol.